The van der Waals surface area contributed by atoms with Gasteiger partial charge < -0.3 is 16.0 Å². The summed E-state index contributed by atoms with van der Waals surface area (Å²) in [7, 11) is 0. The summed E-state index contributed by atoms with van der Waals surface area (Å²) in [4.78, 5) is 22.7. The number of benzene rings is 1. The molecule has 0 spiro atoms. The van der Waals surface area contributed by atoms with Crippen molar-refractivity contribution in [2.45, 2.75) is 96.9 Å². The Kier molecular flexibility index (Phi) is 23.9. The number of amides is 2. The molecule has 1 aromatic rings. The van der Waals surface area contributed by atoms with Crippen LogP contribution in [0.5, 0.6) is 0 Å². The molecule has 0 aliphatic carbocycles. The van der Waals surface area contributed by atoms with Gasteiger partial charge in [-0.15, -0.1) is 34.0 Å². The van der Waals surface area contributed by atoms with Crippen molar-refractivity contribution in [3.05, 3.63) is 35.4 Å². The zero-order valence-corrected chi connectivity index (χ0v) is 25.9. The lowest BCUT2D eigenvalue weighted by molar-refractivity contribution is -0.129. The Morgan fingerprint density at radius 1 is 0.694 bits per heavy atom. The molecular formula is C27H50Br2N4O3. The summed E-state index contributed by atoms with van der Waals surface area (Å²) in [5.74, 6) is -0.210. The number of hydroxylamine groups is 1. The summed E-state index contributed by atoms with van der Waals surface area (Å²) in [5.41, 5.74) is 4.55. The molecule has 0 aliphatic rings. The molecule has 7 nitrogen and oxygen atoms in total. The van der Waals surface area contributed by atoms with E-state index in [9.17, 15) is 9.59 Å². The van der Waals surface area contributed by atoms with Gasteiger partial charge in [0, 0.05) is 25.9 Å². The number of carbonyl (C=O) groups excluding carboxylic acids is 2. The Hall–Kier alpha value is -1.00. The minimum absolute atomic E-state index is 0. The fourth-order valence-corrected chi connectivity index (χ4v) is 3.67. The van der Waals surface area contributed by atoms with E-state index in [2.05, 4.69) is 61.0 Å². The van der Waals surface area contributed by atoms with E-state index in [0.29, 0.717) is 12.8 Å². The lowest BCUT2D eigenvalue weighted by Gasteiger charge is -2.19. The highest BCUT2D eigenvalue weighted by Crippen LogP contribution is 2.22. The van der Waals surface area contributed by atoms with Crippen LogP contribution in [0.25, 0.3) is 0 Å². The molecule has 0 heterocycles. The zero-order valence-electron chi connectivity index (χ0n) is 22.5. The molecule has 0 radical (unpaired) electrons. The molecule has 0 aliphatic heterocycles. The summed E-state index contributed by atoms with van der Waals surface area (Å²) in [5, 5.41) is 18.4. The number of nitrogens with one attached hydrogen (secondary N) is 4. The van der Waals surface area contributed by atoms with E-state index in [1.807, 2.05) is 0 Å². The van der Waals surface area contributed by atoms with Gasteiger partial charge in [-0.1, -0.05) is 64.3 Å². The minimum Gasteiger partial charge on any atom is -0.356 e. The standard InChI is InChI=1S/C27H48N4O3.2BrH/c1-27(2,3)24-16-14-23(15-17-24)22-29-19-10-9-18-28-20-11-21-30-25(32)12-7-5-4-6-8-13-26(33)31-34;;/h14-17,28-29,34H,4-13,18-22H2,1-3H3,(H,30,32)(H,31,33);2*1H. The van der Waals surface area contributed by atoms with Crippen molar-refractivity contribution >= 4 is 45.8 Å². The van der Waals surface area contributed by atoms with Crippen LogP contribution in [0.15, 0.2) is 24.3 Å². The number of hydrogen-bond acceptors (Lipinski definition) is 5. The molecule has 2 amide bonds. The molecule has 9 heteroatoms. The monoisotopic (exact) mass is 636 g/mol. The summed E-state index contributed by atoms with van der Waals surface area (Å²) in [6.07, 6.45) is 8.77. The van der Waals surface area contributed by atoms with Crippen molar-refractivity contribution in [3.63, 3.8) is 0 Å². The van der Waals surface area contributed by atoms with Crippen molar-refractivity contribution in [1.82, 2.24) is 21.4 Å². The molecule has 36 heavy (non-hydrogen) atoms. The largest absolute Gasteiger partial charge is 0.356 e. The first-order valence-corrected chi connectivity index (χ1v) is 13.0. The fraction of sp³-hybridized carbons (Fsp3) is 0.704. The van der Waals surface area contributed by atoms with Gasteiger partial charge >= 0.3 is 0 Å². The van der Waals surface area contributed by atoms with Gasteiger partial charge in [0.2, 0.25) is 11.8 Å². The molecular weight excluding hydrogens is 588 g/mol. The van der Waals surface area contributed by atoms with Gasteiger partial charge in [0.15, 0.2) is 0 Å². The highest BCUT2D eigenvalue weighted by atomic mass is 79.9. The van der Waals surface area contributed by atoms with Crippen LogP contribution in [0.1, 0.15) is 96.1 Å². The zero-order chi connectivity index (χ0) is 25.1. The molecule has 0 bridgehead atoms. The Balaban J connectivity index is 0. The van der Waals surface area contributed by atoms with Crippen LogP contribution in [0.4, 0.5) is 0 Å². The SMILES string of the molecule is Br.Br.CC(C)(C)c1ccc(CNCCCCNCCCNC(=O)CCCCCCCC(=O)NO)cc1. The molecule has 0 fully saturated rings. The first-order chi connectivity index (χ1) is 16.3. The van der Waals surface area contributed by atoms with Gasteiger partial charge in [-0.05, 0) is 68.3 Å². The van der Waals surface area contributed by atoms with E-state index >= 15 is 0 Å². The average molecular weight is 639 g/mol. The third-order valence-corrected chi connectivity index (χ3v) is 5.89. The van der Waals surface area contributed by atoms with Crippen LogP contribution < -0.4 is 21.4 Å². The fourth-order valence-electron chi connectivity index (χ4n) is 3.67. The predicted octanol–water partition coefficient (Wildman–Crippen LogP) is 5.34. The Bertz CT molecular complexity index is 683. The second kappa shape index (κ2) is 23.1. The van der Waals surface area contributed by atoms with E-state index in [-0.39, 0.29) is 51.2 Å². The van der Waals surface area contributed by atoms with Crippen molar-refractivity contribution < 1.29 is 14.8 Å². The quantitative estimate of drug-likeness (QED) is 0.0801. The molecule has 0 unspecified atom stereocenters. The van der Waals surface area contributed by atoms with Gasteiger partial charge in [-0.25, -0.2) is 5.48 Å². The molecule has 0 atom stereocenters. The van der Waals surface area contributed by atoms with Crippen molar-refractivity contribution in [2.24, 2.45) is 0 Å². The maximum atomic E-state index is 11.8. The first kappa shape index (κ1) is 37.2. The van der Waals surface area contributed by atoms with Crippen LogP contribution in [-0.4, -0.2) is 43.2 Å². The van der Waals surface area contributed by atoms with Crippen molar-refractivity contribution in [3.8, 4) is 0 Å². The smallest absolute Gasteiger partial charge is 0.243 e. The predicted molar refractivity (Wildman–Crippen MR) is 159 cm³/mol. The number of halogens is 2. The molecule has 1 aromatic carbocycles. The van der Waals surface area contributed by atoms with Gasteiger partial charge in [0.25, 0.3) is 0 Å². The lowest BCUT2D eigenvalue weighted by atomic mass is 9.87. The topological polar surface area (TPSA) is 102 Å². The molecule has 0 saturated heterocycles. The van der Waals surface area contributed by atoms with Crippen LogP contribution >= 0.6 is 34.0 Å². The summed E-state index contributed by atoms with van der Waals surface area (Å²) >= 11 is 0. The summed E-state index contributed by atoms with van der Waals surface area (Å²) in [6.45, 7) is 11.3. The average Bonchev–Trinajstić information content (AvgIpc) is 2.81. The Morgan fingerprint density at radius 2 is 1.22 bits per heavy atom. The molecule has 0 aromatic heterocycles. The van der Waals surface area contributed by atoms with Crippen molar-refractivity contribution in [1.29, 1.82) is 0 Å². The second-order valence-corrected chi connectivity index (χ2v) is 10.1. The number of carbonyl (C=O) groups is 2. The van der Waals surface area contributed by atoms with Gasteiger partial charge in [-0.2, -0.15) is 0 Å². The molecule has 0 saturated carbocycles. The second-order valence-electron chi connectivity index (χ2n) is 10.1. The third kappa shape index (κ3) is 20.1. The molecule has 1 rings (SSSR count). The number of hydrogen-bond donors (Lipinski definition) is 5. The summed E-state index contributed by atoms with van der Waals surface area (Å²) in [6, 6.07) is 8.91. The normalized spacial score (nSPS) is 10.8. The van der Waals surface area contributed by atoms with E-state index in [0.717, 1.165) is 84.1 Å². The van der Waals surface area contributed by atoms with Gasteiger partial charge in [0.1, 0.15) is 0 Å². The van der Waals surface area contributed by atoms with E-state index in [1.54, 1.807) is 5.48 Å². The van der Waals surface area contributed by atoms with E-state index < -0.39 is 0 Å². The number of rotatable bonds is 19. The molecule has 210 valence electrons. The Labute approximate surface area is 239 Å². The number of unbranched alkanes of at least 4 members (excludes halogenated alkanes) is 5. The van der Waals surface area contributed by atoms with Crippen LogP contribution in [0.3, 0.4) is 0 Å². The van der Waals surface area contributed by atoms with E-state index in [4.69, 9.17) is 5.21 Å². The van der Waals surface area contributed by atoms with E-state index in [1.165, 1.54) is 11.1 Å². The van der Waals surface area contributed by atoms with Gasteiger partial charge in [0.05, 0.1) is 0 Å². The van der Waals surface area contributed by atoms with Crippen LogP contribution in [-0.2, 0) is 21.5 Å². The van der Waals surface area contributed by atoms with Crippen LogP contribution in [0.2, 0.25) is 0 Å². The van der Waals surface area contributed by atoms with Crippen molar-refractivity contribution in [2.75, 3.05) is 26.2 Å². The first-order valence-electron chi connectivity index (χ1n) is 13.0. The van der Waals surface area contributed by atoms with Gasteiger partial charge in [-0.3, -0.25) is 14.8 Å². The molecule has 5 N–H and O–H groups in total. The lowest BCUT2D eigenvalue weighted by Crippen LogP contribution is -2.27. The minimum atomic E-state index is -0.334. The maximum Gasteiger partial charge on any atom is 0.243 e. The highest BCUT2D eigenvalue weighted by Gasteiger charge is 2.12. The highest BCUT2D eigenvalue weighted by molar-refractivity contribution is 8.93. The third-order valence-electron chi connectivity index (χ3n) is 5.89. The Morgan fingerprint density at radius 3 is 1.81 bits per heavy atom. The van der Waals surface area contributed by atoms with Crippen LogP contribution in [0, 0.1) is 0 Å². The maximum absolute atomic E-state index is 11.8. The summed E-state index contributed by atoms with van der Waals surface area (Å²) < 4.78 is 0.